The van der Waals surface area contributed by atoms with Gasteiger partial charge in [0.15, 0.2) is 0 Å². The second-order valence-corrected chi connectivity index (χ2v) is 6.93. The normalized spacial score (nSPS) is 27.8. The summed E-state index contributed by atoms with van der Waals surface area (Å²) in [4.78, 5) is 14.0. The first-order valence-corrected chi connectivity index (χ1v) is 7.76. The van der Waals surface area contributed by atoms with Crippen LogP contribution in [0.1, 0.15) is 45.3 Å². The van der Waals surface area contributed by atoms with Crippen molar-refractivity contribution in [1.29, 1.82) is 0 Å². The third-order valence-corrected chi connectivity index (χ3v) is 4.04. The molecule has 0 bridgehead atoms. The van der Waals surface area contributed by atoms with Crippen molar-refractivity contribution >= 4 is 6.09 Å². The molecular formula is C17H22FNO3. The second kappa shape index (κ2) is 5.54. The molecular weight excluding hydrogens is 285 g/mol. The van der Waals surface area contributed by atoms with E-state index in [-0.39, 0.29) is 30.2 Å². The Labute approximate surface area is 130 Å². The summed E-state index contributed by atoms with van der Waals surface area (Å²) in [5.41, 5.74) is 0.0584. The first kappa shape index (κ1) is 15.3. The first-order chi connectivity index (χ1) is 10.4. The number of hydrogen-bond donors (Lipinski definition) is 0. The summed E-state index contributed by atoms with van der Waals surface area (Å²) in [6.45, 7) is 6.23. The lowest BCUT2D eigenvalue weighted by atomic mass is 10.0. The van der Waals surface area contributed by atoms with E-state index in [2.05, 4.69) is 0 Å². The molecule has 0 saturated carbocycles. The Morgan fingerprint density at radius 3 is 2.77 bits per heavy atom. The van der Waals surface area contributed by atoms with Gasteiger partial charge in [0.1, 0.15) is 23.6 Å². The predicted octanol–water partition coefficient (Wildman–Crippen LogP) is 3.67. The van der Waals surface area contributed by atoms with Crippen LogP contribution in [-0.4, -0.2) is 35.3 Å². The summed E-state index contributed by atoms with van der Waals surface area (Å²) in [6, 6.07) is 6.62. The number of amides is 1. The summed E-state index contributed by atoms with van der Waals surface area (Å²) in [6.07, 6.45) is 1.10. The fraction of sp³-hybridized carbons (Fsp3) is 0.588. The molecule has 4 nitrogen and oxygen atoms in total. The van der Waals surface area contributed by atoms with Gasteiger partial charge in [-0.05, 0) is 39.7 Å². The van der Waals surface area contributed by atoms with E-state index >= 15 is 0 Å². The van der Waals surface area contributed by atoms with Crippen LogP contribution in [0, 0.1) is 5.82 Å². The van der Waals surface area contributed by atoms with Gasteiger partial charge in [-0.25, -0.2) is 9.18 Å². The van der Waals surface area contributed by atoms with E-state index < -0.39 is 5.60 Å². The first-order valence-electron chi connectivity index (χ1n) is 7.76. The molecule has 0 spiro atoms. The Morgan fingerprint density at radius 2 is 2.09 bits per heavy atom. The monoisotopic (exact) mass is 307 g/mol. The van der Waals surface area contributed by atoms with Gasteiger partial charge in [-0.3, -0.25) is 0 Å². The largest absolute Gasteiger partial charge is 0.444 e. The molecule has 0 aliphatic carbocycles. The molecule has 0 aromatic heterocycles. The number of hydrogen-bond acceptors (Lipinski definition) is 3. The van der Waals surface area contributed by atoms with Crippen LogP contribution in [-0.2, 0) is 9.47 Å². The number of ether oxygens (including phenoxy) is 2. The summed E-state index contributed by atoms with van der Waals surface area (Å²) >= 11 is 0. The summed E-state index contributed by atoms with van der Waals surface area (Å²) in [5.74, 6) is -0.253. The molecule has 3 atom stereocenters. The topological polar surface area (TPSA) is 42.1 Å². The zero-order chi connectivity index (χ0) is 15.9. The smallest absolute Gasteiger partial charge is 0.410 e. The minimum atomic E-state index is -0.514. The van der Waals surface area contributed by atoms with Crippen LogP contribution in [0.3, 0.4) is 0 Å². The van der Waals surface area contributed by atoms with Gasteiger partial charge in [-0.2, -0.15) is 0 Å². The van der Waals surface area contributed by atoms with Crippen molar-refractivity contribution in [2.75, 3.05) is 6.54 Å². The Kier molecular flexibility index (Phi) is 3.85. The number of rotatable bonds is 2. The maximum atomic E-state index is 13.8. The third kappa shape index (κ3) is 3.09. The minimum absolute atomic E-state index is 0.0283. The number of epoxide rings is 1. The average molecular weight is 307 g/mol. The number of carbonyl (C=O) groups excluding carboxylic acids is 1. The molecule has 2 saturated heterocycles. The van der Waals surface area contributed by atoms with Crippen molar-refractivity contribution in [1.82, 2.24) is 4.90 Å². The van der Waals surface area contributed by atoms with Gasteiger partial charge in [-0.15, -0.1) is 0 Å². The van der Waals surface area contributed by atoms with Crippen LogP contribution in [0.2, 0.25) is 0 Å². The zero-order valence-electron chi connectivity index (χ0n) is 13.2. The molecule has 2 heterocycles. The lowest BCUT2D eigenvalue weighted by molar-refractivity contribution is 0.0204. The second-order valence-electron chi connectivity index (χ2n) is 6.93. The van der Waals surface area contributed by atoms with Crippen LogP contribution in [0.15, 0.2) is 24.3 Å². The summed E-state index contributed by atoms with van der Waals surface area (Å²) < 4.78 is 25.0. The van der Waals surface area contributed by atoms with Crippen molar-refractivity contribution in [3.05, 3.63) is 35.6 Å². The molecule has 0 radical (unpaired) electrons. The van der Waals surface area contributed by atoms with E-state index in [1.165, 1.54) is 6.07 Å². The zero-order valence-corrected chi connectivity index (χ0v) is 13.2. The predicted molar refractivity (Wildman–Crippen MR) is 80.0 cm³/mol. The molecule has 2 aliphatic heterocycles. The third-order valence-electron chi connectivity index (χ3n) is 4.04. The SMILES string of the molecule is CC(C)(C)OC(=O)N1CCC[C@@H]1[C@H]1O[C@@H]1c1ccccc1F. The molecule has 120 valence electrons. The minimum Gasteiger partial charge on any atom is -0.444 e. The van der Waals surface area contributed by atoms with E-state index in [0.29, 0.717) is 12.1 Å². The van der Waals surface area contributed by atoms with Crippen LogP contribution in [0.4, 0.5) is 9.18 Å². The number of benzene rings is 1. The van der Waals surface area contributed by atoms with Gasteiger partial charge in [0.25, 0.3) is 0 Å². The molecule has 0 N–H and O–H groups in total. The van der Waals surface area contributed by atoms with Gasteiger partial charge in [0, 0.05) is 12.1 Å². The number of halogens is 1. The van der Waals surface area contributed by atoms with Crippen molar-refractivity contribution in [2.24, 2.45) is 0 Å². The fourth-order valence-electron chi connectivity index (χ4n) is 3.05. The molecule has 3 rings (SSSR count). The van der Waals surface area contributed by atoms with E-state index in [1.807, 2.05) is 20.8 Å². The lowest BCUT2D eigenvalue weighted by Gasteiger charge is -2.28. The van der Waals surface area contributed by atoms with Gasteiger partial charge in [0.2, 0.25) is 0 Å². The van der Waals surface area contributed by atoms with Crippen molar-refractivity contribution in [3.63, 3.8) is 0 Å². The van der Waals surface area contributed by atoms with Crippen LogP contribution >= 0.6 is 0 Å². The van der Waals surface area contributed by atoms with Gasteiger partial charge < -0.3 is 14.4 Å². The Balaban J connectivity index is 1.68. The Hall–Kier alpha value is -1.62. The van der Waals surface area contributed by atoms with Gasteiger partial charge in [-0.1, -0.05) is 18.2 Å². The van der Waals surface area contributed by atoms with E-state index in [1.54, 1.807) is 23.1 Å². The van der Waals surface area contributed by atoms with Crippen molar-refractivity contribution in [2.45, 2.75) is 57.5 Å². The maximum absolute atomic E-state index is 13.8. The Morgan fingerprint density at radius 1 is 1.36 bits per heavy atom. The molecule has 2 fully saturated rings. The van der Waals surface area contributed by atoms with E-state index in [9.17, 15) is 9.18 Å². The van der Waals surface area contributed by atoms with Crippen molar-refractivity contribution < 1.29 is 18.7 Å². The molecule has 1 aromatic carbocycles. The van der Waals surface area contributed by atoms with Gasteiger partial charge in [0.05, 0.1) is 6.04 Å². The highest BCUT2D eigenvalue weighted by Gasteiger charge is 2.51. The number of likely N-dealkylation sites (tertiary alicyclic amines) is 1. The maximum Gasteiger partial charge on any atom is 0.410 e. The molecule has 2 aliphatic rings. The number of nitrogens with zero attached hydrogens (tertiary/aromatic N) is 1. The molecule has 1 aromatic rings. The lowest BCUT2D eigenvalue weighted by Crippen LogP contribution is -2.42. The van der Waals surface area contributed by atoms with Crippen molar-refractivity contribution in [3.8, 4) is 0 Å². The standard InChI is InChI=1S/C17H22FNO3/c1-17(2,3)22-16(20)19-10-6-9-13(19)15-14(21-15)11-7-4-5-8-12(11)18/h4-5,7-8,13-15H,6,9-10H2,1-3H3/t13-,14-,15-/m1/s1. The quantitative estimate of drug-likeness (QED) is 0.783. The van der Waals surface area contributed by atoms with Gasteiger partial charge >= 0.3 is 6.09 Å². The highest BCUT2D eigenvalue weighted by molar-refractivity contribution is 5.69. The van der Waals surface area contributed by atoms with Crippen LogP contribution in [0.5, 0.6) is 0 Å². The number of carbonyl (C=O) groups is 1. The van der Waals surface area contributed by atoms with Crippen LogP contribution < -0.4 is 0 Å². The summed E-state index contributed by atoms with van der Waals surface area (Å²) in [7, 11) is 0. The Bertz CT molecular complexity index is 569. The molecule has 5 heteroatoms. The van der Waals surface area contributed by atoms with Crippen LogP contribution in [0.25, 0.3) is 0 Å². The highest BCUT2D eigenvalue weighted by Crippen LogP contribution is 2.45. The average Bonchev–Trinajstić information content (AvgIpc) is 3.05. The highest BCUT2D eigenvalue weighted by atomic mass is 19.1. The fourth-order valence-corrected chi connectivity index (χ4v) is 3.05. The molecule has 1 amide bonds. The molecule has 22 heavy (non-hydrogen) atoms. The van der Waals surface area contributed by atoms with E-state index in [0.717, 1.165) is 12.8 Å². The molecule has 0 unspecified atom stereocenters. The van der Waals surface area contributed by atoms with E-state index in [4.69, 9.17) is 9.47 Å². The summed E-state index contributed by atoms with van der Waals surface area (Å²) in [5, 5.41) is 0.